The summed E-state index contributed by atoms with van der Waals surface area (Å²) in [4.78, 5) is 0. The van der Waals surface area contributed by atoms with Crippen molar-refractivity contribution in [3.63, 3.8) is 0 Å². The summed E-state index contributed by atoms with van der Waals surface area (Å²) in [5.74, 6) is 0. The molecule has 0 aliphatic heterocycles. The van der Waals surface area contributed by atoms with Crippen molar-refractivity contribution in [2.24, 2.45) is 0 Å². The van der Waals surface area contributed by atoms with Gasteiger partial charge in [0.15, 0.2) is 0 Å². The SMILES string of the molecule is N.[Cl][K].[Zn]. The summed E-state index contributed by atoms with van der Waals surface area (Å²) < 4.78 is 4.83. The molecule has 0 saturated heterocycles. The van der Waals surface area contributed by atoms with Crippen LogP contribution in [0.5, 0.6) is 0 Å². The van der Waals surface area contributed by atoms with Crippen LogP contribution in [0.3, 0.4) is 0 Å². The Bertz CT molecular complexity index is 8.00. The minimum absolute atomic E-state index is 0. The fourth-order valence-corrected chi connectivity index (χ4v) is 0. The van der Waals surface area contributed by atoms with Crippen LogP contribution >= 0.6 is 3.76 Å². The van der Waals surface area contributed by atoms with Crippen molar-refractivity contribution >= 4 is 50.9 Å². The Kier molecular flexibility index (Phi) is 71.3. The molecule has 0 radical (unpaired) electrons. The van der Waals surface area contributed by atoms with E-state index in [1.807, 2.05) is 0 Å². The molecular formula is H3ClKNZn. The molecule has 4 heteroatoms. The van der Waals surface area contributed by atoms with E-state index in [1.165, 1.54) is 0 Å². The first-order valence-corrected chi connectivity index (χ1v) is 4.68. The third kappa shape index (κ3) is 8.82. The van der Waals surface area contributed by atoms with Crippen LogP contribution in [0.2, 0.25) is 0 Å². The van der Waals surface area contributed by atoms with Crippen molar-refractivity contribution in [1.82, 2.24) is 6.15 Å². The maximum atomic E-state index is 4.83. The first-order chi connectivity index (χ1) is 1.00. The molecule has 0 saturated carbocycles. The molecule has 4 heavy (non-hydrogen) atoms. The van der Waals surface area contributed by atoms with Crippen LogP contribution in [-0.4, -0.2) is 47.1 Å². The molecule has 1 nitrogen and oxygen atoms in total. The average molecular weight is 157 g/mol. The molecule has 0 rings (SSSR count). The van der Waals surface area contributed by atoms with Crippen LogP contribution in [0.15, 0.2) is 0 Å². The van der Waals surface area contributed by atoms with E-state index >= 15 is 0 Å². The van der Waals surface area contributed by atoms with Crippen LogP contribution in [0.25, 0.3) is 0 Å². The van der Waals surface area contributed by atoms with E-state index in [1.54, 1.807) is 0 Å². The molecule has 0 aliphatic carbocycles. The zero-order valence-corrected chi connectivity index (χ0v) is 9.64. The third-order valence-corrected chi connectivity index (χ3v) is 0. The van der Waals surface area contributed by atoms with Gasteiger partial charge in [-0.1, -0.05) is 0 Å². The first kappa shape index (κ1) is 16.0. The van der Waals surface area contributed by atoms with E-state index in [0.29, 0.717) is 47.1 Å². The van der Waals surface area contributed by atoms with E-state index in [-0.39, 0.29) is 25.6 Å². The van der Waals surface area contributed by atoms with Gasteiger partial charge in [-0.05, 0) is 0 Å². The van der Waals surface area contributed by atoms with Gasteiger partial charge in [-0.2, -0.15) is 0 Å². The predicted molar refractivity (Wildman–Crippen MR) is 16.6 cm³/mol. The molecule has 18 valence electrons. The molecule has 3 N–H and O–H groups in total. The van der Waals surface area contributed by atoms with E-state index < -0.39 is 0 Å². The van der Waals surface area contributed by atoms with Gasteiger partial charge in [-0.3, -0.25) is 0 Å². The molecule has 0 spiro atoms. The Morgan fingerprint density at radius 2 is 1.25 bits per heavy atom. The van der Waals surface area contributed by atoms with Gasteiger partial charge < -0.3 is 6.15 Å². The number of hydrogen-bond acceptors (Lipinski definition) is 1. The molecule has 0 bridgehead atoms. The van der Waals surface area contributed by atoms with Gasteiger partial charge in [0, 0.05) is 19.5 Å². The molecule has 0 aromatic heterocycles. The topological polar surface area (TPSA) is 35.0 Å². The zero-order chi connectivity index (χ0) is 2.00. The van der Waals surface area contributed by atoms with Gasteiger partial charge in [0.2, 0.25) is 0 Å². The van der Waals surface area contributed by atoms with Crippen molar-refractivity contribution in [3.8, 4) is 0 Å². The van der Waals surface area contributed by atoms with Crippen molar-refractivity contribution in [2.75, 3.05) is 0 Å². The quantitative estimate of drug-likeness (QED) is 0.509. The van der Waals surface area contributed by atoms with Gasteiger partial charge in [-0.15, -0.1) is 0 Å². The minimum Gasteiger partial charge on any atom is 0 e. The molecule has 0 aromatic rings. The Morgan fingerprint density at radius 1 is 1.25 bits per heavy atom. The Balaban J connectivity index is -0.00000000500. The van der Waals surface area contributed by atoms with E-state index in [2.05, 4.69) is 0 Å². The molecule has 0 amide bonds. The van der Waals surface area contributed by atoms with Gasteiger partial charge in [0.25, 0.3) is 0 Å². The zero-order valence-electron chi connectivity index (χ0n) is 2.79. The van der Waals surface area contributed by atoms with Gasteiger partial charge in [-0.25, -0.2) is 0 Å². The van der Waals surface area contributed by atoms with E-state index in [9.17, 15) is 0 Å². The molecule has 0 aliphatic rings. The smallest absolute Gasteiger partial charge is 0 e. The number of halogens is 1. The standard InChI is InChI=1S/ClH.K.H3N.Zn/h1H;;1H3;/q;+1;;/p-1. The van der Waals surface area contributed by atoms with Crippen LogP contribution < -0.4 is 6.15 Å². The summed E-state index contributed by atoms with van der Waals surface area (Å²) in [6, 6.07) is 0. The molecule has 0 unspecified atom stereocenters. The van der Waals surface area contributed by atoms with Crippen molar-refractivity contribution < 1.29 is 19.5 Å². The maximum Gasteiger partial charge on any atom is 0 e. The van der Waals surface area contributed by atoms with Crippen molar-refractivity contribution in [1.29, 1.82) is 0 Å². The second-order valence-corrected chi connectivity index (χ2v) is 0. The maximum absolute atomic E-state index is 4.83. The summed E-state index contributed by atoms with van der Waals surface area (Å²) >= 11 is 0.535. The Hall–Kier alpha value is 2.51. The fourth-order valence-electron chi connectivity index (χ4n) is 0. The molecular weight excluding hydrogens is 154 g/mol. The second-order valence-electron chi connectivity index (χ2n) is 0. The van der Waals surface area contributed by atoms with E-state index in [4.69, 9.17) is 3.76 Å². The Labute approximate surface area is 74.6 Å². The largest absolute Gasteiger partial charge is 0 e. The summed E-state index contributed by atoms with van der Waals surface area (Å²) in [6.45, 7) is 0. The summed E-state index contributed by atoms with van der Waals surface area (Å²) in [5, 5.41) is 0. The second kappa shape index (κ2) is 17.8. The average Bonchev–Trinajstić information content (AvgIpc) is 1.00. The molecule has 0 fully saturated rings. The third-order valence-electron chi connectivity index (χ3n) is 0. The summed E-state index contributed by atoms with van der Waals surface area (Å²) in [6.07, 6.45) is 0. The van der Waals surface area contributed by atoms with Gasteiger partial charge in [0.1, 0.15) is 0 Å². The van der Waals surface area contributed by atoms with Crippen LogP contribution in [0.4, 0.5) is 0 Å². The van der Waals surface area contributed by atoms with Crippen LogP contribution in [0, 0.1) is 0 Å². The summed E-state index contributed by atoms with van der Waals surface area (Å²) in [5.41, 5.74) is 0. The number of rotatable bonds is 0. The van der Waals surface area contributed by atoms with Crippen LogP contribution in [0.1, 0.15) is 0 Å². The normalized spacial score (nSPS) is 1.75. The molecule has 0 heterocycles. The Morgan fingerprint density at radius 3 is 1.25 bits per heavy atom. The first-order valence-electron chi connectivity index (χ1n) is 0.378. The number of hydrogen-bond donors (Lipinski definition) is 1. The summed E-state index contributed by atoms with van der Waals surface area (Å²) in [7, 11) is 0. The van der Waals surface area contributed by atoms with E-state index in [0.717, 1.165) is 0 Å². The van der Waals surface area contributed by atoms with Gasteiger partial charge >= 0.3 is 50.9 Å². The van der Waals surface area contributed by atoms with Crippen LogP contribution in [-0.2, 0) is 19.5 Å². The van der Waals surface area contributed by atoms with Crippen molar-refractivity contribution in [3.05, 3.63) is 0 Å². The molecule has 0 atom stereocenters. The monoisotopic (exact) mass is 155 g/mol. The van der Waals surface area contributed by atoms with Gasteiger partial charge in [0.05, 0.1) is 0 Å². The van der Waals surface area contributed by atoms with Crippen molar-refractivity contribution in [2.45, 2.75) is 0 Å². The predicted octanol–water partition coefficient (Wildman–Crippen LogP) is 0.468. The molecule has 0 aromatic carbocycles. The fraction of sp³-hybridized carbons (Fsp3) is 0. The minimum atomic E-state index is 0.